The average molecular weight is 258 g/mol. The van der Waals surface area contributed by atoms with Crippen LogP contribution in [0.3, 0.4) is 0 Å². The topological polar surface area (TPSA) is 26.3 Å². The quantitative estimate of drug-likeness (QED) is 0.406. The number of methoxy groups -OCH3 is 1. The standard InChI is InChI=1S/C16H23BO2/c1-4-6-7-8-9-14(18)16-12(5-2)10-13(17)11-15(16)19-3/h10-11H,4-9H2,1-3H3. The minimum atomic E-state index is 0.171. The lowest BCUT2D eigenvalue weighted by Gasteiger charge is -2.13. The summed E-state index contributed by atoms with van der Waals surface area (Å²) in [7, 11) is 7.41. The number of hydrogen-bond donors (Lipinski definition) is 0. The molecule has 0 saturated heterocycles. The van der Waals surface area contributed by atoms with Crippen LogP contribution >= 0.6 is 0 Å². The Morgan fingerprint density at radius 1 is 1.21 bits per heavy atom. The second kappa shape index (κ2) is 8.03. The lowest BCUT2D eigenvalue weighted by molar-refractivity contribution is 0.0975. The van der Waals surface area contributed by atoms with Crippen molar-refractivity contribution in [3.63, 3.8) is 0 Å². The molecule has 0 saturated carbocycles. The molecule has 0 bridgehead atoms. The number of Topliss-reactive ketones (excluding diaryl/α,β-unsaturated/α-hetero) is 1. The van der Waals surface area contributed by atoms with Crippen LogP contribution in [0.15, 0.2) is 12.1 Å². The van der Waals surface area contributed by atoms with Crippen LogP contribution in [0.5, 0.6) is 5.75 Å². The van der Waals surface area contributed by atoms with E-state index in [1.807, 2.05) is 13.0 Å². The maximum Gasteiger partial charge on any atom is 0.166 e. The van der Waals surface area contributed by atoms with E-state index in [2.05, 4.69) is 6.92 Å². The molecular weight excluding hydrogens is 235 g/mol. The number of carbonyl (C=O) groups excluding carboxylic acids is 1. The molecule has 0 aliphatic carbocycles. The molecule has 19 heavy (non-hydrogen) atoms. The number of unbranched alkanes of at least 4 members (excludes halogenated alkanes) is 3. The van der Waals surface area contributed by atoms with E-state index in [0.717, 1.165) is 30.4 Å². The van der Waals surface area contributed by atoms with Crippen molar-refractivity contribution in [1.29, 1.82) is 0 Å². The van der Waals surface area contributed by atoms with Gasteiger partial charge in [-0.15, -0.1) is 0 Å². The van der Waals surface area contributed by atoms with Gasteiger partial charge in [0.25, 0.3) is 0 Å². The van der Waals surface area contributed by atoms with Crippen LogP contribution in [0.25, 0.3) is 0 Å². The summed E-state index contributed by atoms with van der Waals surface area (Å²) >= 11 is 0. The third-order valence-corrected chi connectivity index (χ3v) is 3.34. The van der Waals surface area contributed by atoms with Gasteiger partial charge in [-0.3, -0.25) is 4.79 Å². The van der Waals surface area contributed by atoms with Crippen molar-refractivity contribution in [2.75, 3.05) is 7.11 Å². The Morgan fingerprint density at radius 2 is 1.95 bits per heavy atom. The summed E-state index contributed by atoms with van der Waals surface area (Å²) in [6.07, 6.45) is 5.81. The average Bonchev–Trinajstić information content (AvgIpc) is 2.42. The van der Waals surface area contributed by atoms with E-state index in [4.69, 9.17) is 12.6 Å². The van der Waals surface area contributed by atoms with Gasteiger partial charge in [0, 0.05) is 6.42 Å². The SMILES string of the molecule is [B]c1cc(CC)c(C(=O)CCCCCC)c(OC)c1. The fourth-order valence-electron chi connectivity index (χ4n) is 2.29. The highest BCUT2D eigenvalue weighted by molar-refractivity contribution is 6.32. The second-order valence-electron chi connectivity index (χ2n) is 4.84. The zero-order chi connectivity index (χ0) is 14.3. The van der Waals surface area contributed by atoms with E-state index in [-0.39, 0.29) is 5.78 Å². The van der Waals surface area contributed by atoms with Crippen molar-refractivity contribution >= 4 is 19.1 Å². The Morgan fingerprint density at radius 3 is 2.53 bits per heavy atom. The fourth-order valence-corrected chi connectivity index (χ4v) is 2.29. The van der Waals surface area contributed by atoms with Crippen LogP contribution in [0.1, 0.15) is 61.9 Å². The molecule has 0 atom stereocenters. The van der Waals surface area contributed by atoms with Gasteiger partial charge < -0.3 is 4.74 Å². The minimum absolute atomic E-state index is 0.171. The molecule has 1 rings (SSSR count). The highest BCUT2D eigenvalue weighted by Gasteiger charge is 2.16. The van der Waals surface area contributed by atoms with Crippen molar-refractivity contribution in [1.82, 2.24) is 0 Å². The van der Waals surface area contributed by atoms with Gasteiger partial charge in [0.05, 0.1) is 12.7 Å². The van der Waals surface area contributed by atoms with Gasteiger partial charge in [-0.1, -0.05) is 44.6 Å². The number of ether oxygens (including phenoxy) is 1. The molecule has 2 nitrogen and oxygen atoms in total. The highest BCUT2D eigenvalue weighted by Crippen LogP contribution is 2.24. The van der Waals surface area contributed by atoms with E-state index in [0.29, 0.717) is 17.6 Å². The molecule has 3 heteroatoms. The molecule has 0 heterocycles. The van der Waals surface area contributed by atoms with Crippen molar-refractivity contribution in [2.24, 2.45) is 0 Å². The number of benzene rings is 1. The molecule has 2 radical (unpaired) electrons. The molecule has 0 aliphatic heterocycles. The summed E-state index contributed by atoms with van der Waals surface area (Å²) in [5.74, 6) is 0.780. The summed E-state index contributed by atoms with van der Waals surface area (Å²) in [6.45, 7) is 4.20. The third-order valence-electron chi connectivity index (χ3n) is 3.34. The van der Waals surface area contributed by atoms with E-state index in [1.54, 1.807) is 13.2 Å². The first-order chi connectivity index (χ1) is 9.13. The minimum Gasteiger partial charge on any atom is -0.496 e. The summed E-state index contributed by atoms with van der Waals surface area (Å²) in [6, 6.07) is 3.61. The van der Waals surface area contributed by atoms with E-state index in [9.17, 15) is 4.79 Å². The summed E-state index contributed by atoms with van der Waals surface area (Å²) < 4.78 is 5.32. The molecule has 0 N–H and O–H groups in total. The molecule has 1 aromatic rings. The van der Waals surface area contributed by atoms with Crippen molar-refractivity contribution in [3.8, 4) is 5.75 Å². The number of ketones is 1. The zero-order valence-electron chi connectivity index (χ0n) is 12.3. The van der Waals surface area contributed by atoms with Gasteiger partial charge in [0.1, 0.15) is 13.6 Å². The fraction of sp³-hybridized carbons (Fsp3) is 0.562. The van der Waals surface area contributed by atoms with E-state index in [1.165, 1.54) is 12.8 Å². The van der Waals surface area contributed by atoms with Crippen LogP contribution in [0.4, 0.5) is 0 Å². The van der Waals surface area contributed by atoms with E-state index >= 15 is 0 Å². The van der Waals surface area contributed by atoms with Crippen molar-refractivity contribution in [3.05, 3.63) is 23.3 Å². The molecule has 0 unspecified atom stereocenters. The van der Waals surface area contributed by atoms with Gasteiger partial charge >= 0.3 is 0 Å². The Hall–Kier alpha value is -1.25. The number of rotatable bonds is 8. The van der Waals surface area contributed by atoms with Gasteiger partial charge in [0.2, 0.25) is 0 Å². The maximum absolute atomic E-state index is 12.4. The normalized spacial score (nSPS) is 10.5. The van der Waals surface area contributed by atoms with Crippen LogP contribution in [-0.4, -0.2) is 20.7 Å². The molecule has 0 aliphatic rings. The second-order valence-corrected chi connectivity index (χ2v) is 4.84. The molecule has 0 spiro atoms. The summed E-state index contributed by atoms with van der Waals surface area (Å²) in [5, 5.41) is 0. The predicted molar refractivity (Wildman–Crippen MR) is 80.8 cm³/mol. The smallest absolute Gasteiger partial charge is 0.166 e. The van der Waals surface area contributed by atoms with Gasteiger partial charge in [-0.05, 0) is 24.5 Å². The summed E-state index contributed by atoms with van der Waals surface area (Å²) in [4.78, 5) is 12.4. The van der Waals surface area contributed by atoms with Crippen LogP contribution in [-0.2, 0) is 6.42 Å². The van der Waals surface area contributed by atoms with Crippen molar-refractivity contribution < 1.29 is 9.53 Å². The summed E-state index contributed by atoms with van der Waals surface area (Å²) in [5.41, 5.74) is 2.35. The first-order valence-electron chi connectivity index (χ1n) is 7.13. The van der Waals surface area contributed by atoms with Crippen molar-refractivity contribution in [2.45, 2.75) is 52.4 Å². The molecular formula is C16H23BO2. The first kappa shape index (κ1) is 15.8. The van der Waals surface area contributed by atoms with Crippen LogP contribution < -0.4 is 10.2 Å². The monoisotopic (exact) mass is 258 g/mol. The van der Waals surface area contributed by atoms with Gasteiger partial charge in [0.15, 0.2) is 5.78 Å². The Bertz CT molecular complexity index is 402. The van der Waals surface area contributed by atoms with Crippen LogP contribution in [0, 0.1) is 0 Å². The zero-order valence-corrected chi connectivity index (χ0v) is 12.3. The number of aryl methyl sites for hydroxylation is 1. The lowest BCUT2D eigenvalue weighted by Crippen LogP contribution is -2.12. The molecule has 1 aromatic carbocycles. The maximum atomic E-state index is 12.4. The first-order valence-corrected chi connectivity index (χ1v) is 7.13. The molecule has 0 fully saturated rings. The molecule has 0 amide bonds. The number of carbonyl (C=O) groups is 1. The Balaban J connectivity index is 2.88. The highest BCUT2D eigenvalue weighted by atomic mass is 16.5. The predicted octanol–water partition coefficient (Wildman–Crippen LogP) is 3.20. The number of hydrogen-bond acceptors (Lipinski definition) is 2. The van der Waals surface area contributed by atoms with Crippen LogP contribution in [0.2, 0.25) is 0 Å². The lowest BCUT2D eigenvalue weighted by atomic mass is 9.88. The van der Waals surface area contributed by atoms with Gasteiger partial charge in [-0.2, -0.15) is 0 Å². The Kier molecular flexibility index (Phi) is 6.68. The largest absolute Gasteiger partial charge is 0.496 e. The van der Waals surface area contributed by atoms with E-state index < -0.39 is 0 Å². The molecule has 102 valence electrons. The van der Waals surface area contributed by atoms with Gasteiger partial charge in [-0.25, -0.2) is 0 Å². The molecule has 0 aromatic heterocycles. The Labute approximate surface area is 118 Å². The third kappa shape index (κ3) is 4.41.